The number of fused-ring (bicyclic) bond motifs is 1. The van der Waals surface area contributed by atoms with Crippen molar-refractivity contribution in [3.63, 3.8) is 0 Å². The van der Waals surface area contributed by atoms with Gasteiger partial charge in [0.2, 0.25) is 0 Å². The van der Waals surface area contributed by atoms with Crippen molar-refractivity contribution in [3.05, 3.63) is 36.0 Å². The van der Waals surface area contributed by atoms with Crippen LogP contribution in [0.2, 0.25) is 18.1 Å². The molecule has 0 aliphatic rings. The Balaban J connectivity index is 2.11. The molecule has 24 heavy (non-hydrogen) atoms. The number of aromatic carboxylic acids is 1. The molecule has 1 aromatic heterocycles. The van der Waals surface area contributed by atoms with Crippen molar-refractivity contribution in [1.29, 1.82) is 0 Å². The van der Waals surface area contributed by atoms with Gasteiger partial charge in [-0.2, -0.15) is 0 Å². The van der Waals surface area contributed by atoms with Crippen LogP contribution < -0.4 is 4.74 Å². The number of pyridine rings is 1. The standard InChI is InChI=1S/C18H25NO4Si/c1-18(2,3)24(4,5)23-10-9-22-15-12-14(17(20)21)11-13-7-6-8-19-16(13)15/h6-8,11-12H,9-10H2,1-5H3,(H,20,21). The molecule has 1 N–H and O–H groups in total. The zero-order valence-electron chi connectivity index (χ0n) is 14.9. The molecule has 1 aromatic carbocycles. The third-order valence-corrected chi connectivity index (χ3v) is 9.07. The maximum atomic E-state index is 11.3. The molecule has 0 radical (unpaired) electrons. The Bertz CT molecular complexity index is 737. The summed E-state index contributed by atoms with van der Waals surface area (Å²) >= 11 is 0. The molecule has 0 spiro atoms. The van der Waals surface area contributed by atoms with E-state index in [2.05, 4.69) is 38.8 Å². The largest absolute Gasteiger partial charge is 0.489 e. The summed E-state index contributed by atoms with van der Waals surface area (Å²) < 4.78 is 11.9. The first kappa shape index (κ1) is 18.4. The van der Waals surface area contributed by atoms with Crippen molar-refractivity contribution in [1.82, 2.24) is 4.98 Å². The predicted octanol–water partition coefficient (Wildman–Crippen LogP) is 4.33. The summed E-state index contributed by atoms with van der Waals surface area (Å²) in [5.74, 6) is -0.507. The minimum absolute atomic E-state index is 0.143. The number of carboxylic acid groups (broad SMARTS) is 1. The minimum Gasteiger partial charge on any atom is -0.489 e. The lowest BCUT2D eigenvalue weighted by atomic mass is 10.1. The SMILES string of the molecule is CC(C)(C)[Si](C)(C)OCCOc1cc(C(=O)O)cc2cccnc12. The second kappa shape index (κ2) is 6.90. The fourth-order valence-corrected chi connectivity index (χ4v) is 3.08. The Morgan fingerprint density at radius 1 is 1.25 bits per heavy atom. The number of hydrogen-bond donors (Lipinski definition) is 1. The molecule has 5 nitrogen and oxygen atoms in total. The highest BCUT2D eigenvalue weighted by Gasteiger charge is 2.36. The van der Waals surface area contributed by atoms with Crippen molar-refractivity contribution < 1.29 is 19.1 Å². The van der Waals surface area contributed by atoms with Crippen LogP contribution in [0.15, 0.2) is 30.5 Å². The first-order chi connectivity index (χ1) is 11.1. The molecule has 0 aliphatic heterocycles. The summed E-state index contributed by atoms with van der Waals surface area (Å²) in [4.78, 5) is 15.6. The van der Waals surface area contributed by atoms with Crippen LogP contribution in [0.3, 0.4) is 0 Å². The van der Waals surface area contributed by atoms with Gasteiger partial charge in [-0.3, -0.25) is 4.98 Å². The van der Waals surface area contributed by atoms with E-state index in [-0.39, 0.29) is 10.6 Å². The van der Waals surface area contributed by atoms with E-state index in [1.165, 1.54) is 6.07 Å². The van der Waals surface area contributed by atoms with Crippen molar-refractivity contribution in [2.45, 2.75) is 38.9 Å². The monoisotopic (exact) mass is 347 g/mol. The van der Waals surface area contributed by atoms with Crippen LogP contribution in [0.4, 0.5) is 0 Å². The highest BCUT2D eigenvalue weighted by atomic mass is 28.4. The summed E-state index contributed by atoms with van der Waals surface area (Å²) in [6.45, 7) is 11.8. The maximum absolute atomic E-state index is 11.3. The molecule has 2 aromatic rings. The molecular formula is C18H25NO4Si. The molecule has 6 heteroatoms. The number of hydrogen-bond acceptors (Lipinski definition) is 4. The summed E-state index contributed by atoms with van der Waals surface area (Å²) in [5, 5.41) is 10.1. The lowest BCUT2D eigenvalue weighted by Gasteiger charge is -2.36. The zero-order valence-corrected chi connectivity index (χ0v) is 15.9. The number of nitrogens with zero attached hydrogens (tertiary/aromatic N) is 1. The maximum Gasteiger partial charge on any atom is 0.335 e. The smallest absolute Gasteiger partial charge is 0.335 e. The van der Waals surface area contributed by atoms with E-state index >= 15 is 0 Å². The number of benzene rings is 1. The van der Waals surface area contributed by atoms with E-state index in [1.807, 2.05) is 6.07 Å². The van der Waals surface area contributed by atoms with E-state index in [9.17, 15) is 9.90 Å². The predicted molar refractivity (Wildman–Crippen MR) is 97.3 cm³/mol. The van der Waals surface area contributed by atoms with Crippen LogP contribution in [-0.2, 0) is 4.43 Å². The molecular weight excluding hydrogens is 322 g/mol. The zero-order chi connectivity index (χ0) is 18.0. The number of ether oxygens (including phenoxy) is 1. The summed E-state index contributed by atoms with van der Waals surface area (Å²) in [6, 6.07) is 6.72. The fraction of sp³-hybridized carbons (Fsp3) is 0.444. The van der Waals surface area contributed by atoms with Gasteiger partial charge in [-0.05, 0) is 36.3 Å². The number of aromatic nitrogens is 1. The lowest BCUT2D eigenvalue weighted by molar-refractivity contribution is 0.0696. The topological polar surface area (TPSA) is 68.7 Å². The Morgan fingerprint density at radius 2 is 1.96 bits per heavy atom. The highest BCUT2D eigenvalue weighted by molar-refractivity contribution is 6.74. The van der Waals surface area contributed by atoms with Crippen LogP contribution in [-0.4, -0.2) is 37.6 Å². The number of rotatable bonds is 6. The summed E-state index contributed by atoms with van der Waals surface area (Å²) in [6.07, 6.45) is 1.67. The van der Waals surface area contributed by atoms with Crippen LogP contribution in [0.25, 0.3) is 10.9 Å². The Morgan fingerprint density at radius 3 is 2.58 bits per heavy atom. The summed E-state index contributed by atoms with van der Waals surface area (Å²) in [5.41, 5.74) is 0.852. The molecule has 0 amide bonds. The van der Waals surface area contributed by atoms with Gasteiger partial charge in [0.25, 0.3) is 0 Å². The molecule has 1 heterocycles. The van der Waals surface area contributed by atoms with Gasteiger partial charge in [-0.15, -0.1) is 0 Å². The first-order valence-corrected chi connectivity index (χ1v) is 10.9. The van der Waals surface area contributed by atoms with E-state index in [1.54, 1.807) is 18.3 Å². The Labute approximate surface area is 143 Å². The number of carboxylic acids is 1. The average Bonchev–Trinajstić information content (AvgIpc) is 2.50. The van der Waals surface area contributed by atoms with Crippen molar-refractivity contribution in [2.24, 2.45) is 0 Å². The fourth-order valence-electron chi connectivity index (χ4n) is 2.06. The molecule has 2 rings (SSSR count). The van der Waals surface area contributed by atoms with Crippen molar-refractivity contribution in [3.8, 4) is 5.75 Å². The van der Waals surface area contributed by atoms with Gasteiger partial charge in [0, 0.05) is 11.6 Å². The van der Waals surface area contributed by atoms with Crippen LogP contribution in [0.1, 0.15) is 31.1 Å². The van der Waals surface area contributed by atoms with E-state index in [4.69, 9.17) is 9.16 Å². The van der Waals surface area contributed by atoms with Gasteiger partial charge in [-0.1, -0.05) is 26.8 Å². The third-order valence-electron chi connectivity index (χ3n) is 4.53. The lowest BCUT2D eigenvalue weighted by Crippen LogP contribution is -2.41. The molecule has 0 aliphatic carbocycles. The molecule has 0 saturated heterocycles. The molecule has 0 fully saturated rings. The molecule has 0 unspecified atom stereocenters. The Kier molecular flexibility index (Phi) is 5.30. The van der Waals surface area contributed by atoms with E-state index in [0.717, 1.165) is 5.39 Å². The van der Waals surface area contributed by atoms with Gasteiger partial charge in [-0.25, -0.2) is 4.79 Å². The van der Waals surface area contributed by atoms with Crippen LogP contribution in [0.5, 0.6) is 5.75 Å². The molecule has 0 saturated carbocycles. The molecule has 0 bridgehead atoms. The van der Waals surface area contributed by atoms with Gasteiger partial charge in [0.15, 0.2) is 8.32 Å². The van der Waals surface area contributed by atoms with Gasteiger partial charge < -0.3 is 14.3 Å². The molecule has 130 valence electrons. The number of carbonyl (C=O) groups is 1. The van der Waals surface area contributed by atoms with Gasteiger partial charge in [0.1, 0.15) is 17.9 Å². The normalized spacial score (nSPS) is 12.4. The van der Waals surface area contributed by atoms with Crippen molar-refractivity contribution in [2.75, 3.05) is 13.2 Å². The summed E-state index contributed by atoms with van der Waals surface area (Å²) in [7, 11) is -1.82. The van der Waals surface area contributed by atoms with Crippen LogP contribution in [0, 0.1) is 0 Å². The first-order valence-electron chi connectivity index (χ1n) is 8.01. The van der Waals surface area contributed by atoms with Gasteiger partial charge in [0.05, 0.1) is 12.2 Å². The third kappa shape index (κ3) is 4.13. The quantitative estimate of drug-likeness (QED) is 0.622. The second-order valence-corrected chi connectivity index (χ2v) is 12.1. The van der Waals surface area contributed by atoms with Crippen molar-refractivity contribution >= 4 is 25.2 Å². The van der Waals surface area contributed by atoms with E-state index in [0.29, 0.717) is 24.5 Å². The van der Waals surface area contributed by atoms with Crippen LogP contribution >= 0.6 is 0 Å². The second-order valence-electron chi connectivity index (χ2n) is 7.31. The highest BCUT2D eigenvalue weighted by Crippen LogP contribution is 2.36. The average molecular weight is 347 g/mol. The molecule has 0 atom stereocenters. The minimum atomic E-state index is -1.82. The van der Waals surface area contributed by atoms with Gasteiger partial charge >= 0.3 is 5.97 Å². The Hall–Kier alpha value is -1.92. The van der Waals surface area contributed by atoms with E-state index < -0.39 is 14.3 Å².